The number of hydrogen-bond acceptors (Lipinski definition) is 4. The van der Waals surface area contributed by atoms with Gasteiger partial charge in [0, 0.05) is 0 Å². The van der Waals surface area contributed by atoms with E-state index in [1.165, 1.54) is 7.11 Å². The molecule has 0 saturated heterocycles. The molecule has 0 aromatic rings. The molecule has 144 valence electrons. The highest BCUT2D eigenvalue weighted by Crippen LogP contribution is 2.40. The largest absolute Gasteiger partial charge is 0.468 e. The first-order valence-corrected chi connectivity index (χ1v) is 14.6. The Bertz CT molecular complexity index is 401. The van der Waals surface area contributed by atoms with Gasteiger partial charge >= 0.3 is 5.97 Å². The van der Waals surface area contributed by atoms with Crippen molar-refractivity contribution in [3.63, 3.8) is 0 Å². The Morgan fingerprint density at radius 1 is 0.750 bits per heavy atom. The molecule has 0 aliphatic carbocycles. The van der Waals surface area contributed by atoms with Gasteiger partial charge in [-0.15, -0.1) is 0 Å². The van der Waals surface area contributed by atoms with Gasteiger partial charge in [-0.05, 0) is 43.2 Å². The maximum absolute atomic E-state index is 12.4. The molecule has 0 fully saturated rings. The lowest BCUT2D eigenvalue weighted by Crippen LogP contribution is -2.50. The predicted molar refractivity (Wildman–Crippen MR) is 106 cm³/mol. The molecule has 0 aromatic carbocycles. The van der Waals surface area contributed by atoms with E-state index in [1.54, 1.807) is 0 Å². The molecule has 0 amide bonds. The zero-order valence-corrected chi connectivity index (χ0v) is 20.0. The molecule has 0 aliphatic rings. The van der Waals surface area contributed by atoms with Crippen molar-refractivity contribution in [2.24, 2.45) is 5.41 Å². The van der Waals surface area contributed by atoms with E-state index < -0.39 is 22.0 Å². The number of carbonyl (C=O) groups is 1. The third kappa shape index (κ3) is 5.97. The van der Waals surface area contributed by atoms with Crippen LogP contribution in [0, 0.1) is 5.41 Å². The van der Waals surface area contributed by atoms with Crippen LogP contribution in [0.3, 0.4) is 0 Å². The molecule has 0 radical (unpaired) electrons. The Kier molecular flexibility index (Phi) is 7.54. The van der Waals surface area contributed by atoms with E-state index in [4.69, 9.17) is 13.6 Å². The van der Waals surface area contributed by atoms with Crippen molar-refractivity contribution >= 4 is 22.6 Å². The monoisotopic (exact) mass is 376 g/mol. The average Bonchev–Trinajstić information content (AvgIpc) is 2.39. The topological polar surface area (TPSA) is 44.8 Å². The maximum Gasteiger partial charge on any atom is 0.316 e. The first-order chi connectivity index (χ1) is 10.4. The fourth-order valence-electron chi connectivity index (χ4n) is 1.52. The van der Waals surface area contributed by atoms with Gasteiger partial charge in [-0.2, -0.15) is 0 Å². The lowest BCUT2D eigenvalue weighted by Gasteiger charge is -2.41. The summed E-state index contributed by atoms with van der Waals surface area (Å²) in [5.41, 5.74) is -0.778. The summed E-state index contributed by atoms with van der Waals surface area (Å²) >= 11 is 0. The number of carbonyl (C=O) groups excluding carboxylic acids is 1. The fraction of sp³-hybridized carbons (Fsp3) is 0.944. The van der Waals surface area contributed by atoms with Crippen LogP contribution in [-0.2, 0) is 18.4 Å². The van der Waals surface area contributed by atoms with Gasteiger partial charge in [-0.1, -0.05) is 41.5 Å². The van der Waals surface area contributed by atoms with Crippen molar-refractivity contribution in [2.75, 3.05) is 20.3 Å². The minimum atomic E-state index is -1.94. The Labute approximate surface area is 151 Å². The highest BCUT2D eigenvalue weighted by molar-refractivity contribution is 6.74. The van der Waals surface area contributed by atoms with Crippen LogP contribution in [0.2, 0.25) is 36.3 Å². The summed E-state index contributed by atoms with van der Waals surface area (Å²) in [6.45, 7) is 24.5. The number of ether oxygens (including phenoxy) is 1. The molecule has 4 nitrogen and oxygen atoms in total. The lowest BCUT2D eigenvalue weighted by atomic mass is 9.93. The molecule has 0 saturated carbocycles. The third-order valence-electron chi connectivity index (χ3n) is 5.79. The average molecular weight is 377 g/mol. The van der Waals surface area contributed by atoms with Gasteiger partial charge < -0.3 is 13.6 Å². The van der Waals surface area contributed by atoms with Crippen molar-refractivity contribution in [1.82, 2.24) is 0 Å². The van der Waals surface area contributed by atoms with Crippen molar-refractivity contribution in [2.45, 2.75) is 84.7 Å². The van der Waals surface area contributed by atoms with Crippen LogP contribution in [0.25, 0.3) is 0 Å². The molecule has 0 aromatic heterocycles. The van der Waals surface area contributed by atoms with Gasteiger partial charge in [-0.3, -0.25) is 4.79 Å². The summed E-state index contributed by atoms with van der Waals surface area (Å²) < 4.78 is 17.7. The molecule has 0 unspecified atom stereocenters. The minimum absolute atomic E-state index is 0.102. The summed E-state index contributed by atoms with van der Waals surface area (Å²) in [7, 11) is -2.44. The standard InChI is InChI=1S/C18H40O4Si2/c1-16(2,3)23(9,10)21-13-18(7,15(19)20-8)14-22-24(11,12)17(4,5)6/h13-14H2,1-12H3. The zero-order valence-electron chi connectivity index (χ0n) is 18.0. The van der Waals surface area contributed by atoms with Crippen LogP contribution in [-0.4, -0.2) is 42.9 Å². The Balaban J connectivity index is 5.22. The van der Waals surface area contributed by atoms with Crippen LogP contribution < -0.4 is 0 Å². The fourth-order valence-corrected chi connectivity index (χ4v) is 3.74. The smallest absolute Gasteiger partial charge is 0.316 e. The Morgan fingerprint density at radius 2 is 1.04 bits per heavy atom. The molecular formula is C18H40O4Si2. The second-order valence-electron chi connectivity index (χ2n) is 10.2. The van der Waals surface area contributed by atoms with Gasteiger partial charge in [0.1, 0.15) is 5.41 Å². The van der Waals surface area contributed by atoms with Gasteiger partial charge in [0.25, 0.3) is 0 Å². The molecule has 0 atom stereocenters. The molecule has 0 heterocycles. The molecule has 0 N–H and O–H groups in total. The number of methoxy groups -OCH3 is 1. The second-order valence-corrected chi connectivity index (χ2v) is 19.8. The molecule has 0 bridgehead atoms. The predicted octanol–water partition coefficient (Wildman–Crippen LogP) is 5.21. The summed E-state index contributed by atoms with van der Waals surface area (Å²) in [5, 5.41) is 0.203. The Hall–Kier alpha value is -0.176. The summed E-state index contributed by atoms with van der Waals surface area (Å²) in [5.74, 6) is -0.264. The van der Waals surface area contributed by atoms with E-state index in [9.17, 15) is 4.79 Å². The van der Waals surface area contributed by atoms with Crippen molar-refractivity contribution < 1.29 is 18.4 Å². The molecular weight excluding hydrogens is 336 g/mol. The molecule has 24 heavy (non-hydrogen) atoms. The highest BCUT2D eigenvalue weighted by Gasteiger charge is 2.45. The normalized spacial score (nSPS) is 14.7. The van der Waals surface area contributed by atoms with E-state index in [0.717, 1.165) is 0 Å². The summed E-state index contributed by atoms with van der Waals surface area (Å²) in [6.07, 6.45) is 0. The highest BCUT2D eigenvalue weighted by atomic mass is 28.4. The second kappa shape index (κ2) is 7.60. The zero-order chi connectivity index (χ0) is 19.6. The lowest BCUT2D eigenvalue weighted by molar-refractivity contribution is -0.156. The molecule has 0 rings (SSSR count). The van der Waals surface area contributed by atoms with Crippen molar-refractivity contribution in [1.29, 1.82) is 0 Å². The number of hydrogen-bond donors (Lipinski definition) is 0. The number of rotatable bonds is 7. The Morgan fingerprint density at radius 3 is 1.25 bits per heavy atom. The minimum Gasteiger partial charge on any atom is -0.468 e. The van der Waals surface area contributed by atoms with Gasteiger partial charge in [0.05, 0.1) is 20.3 Å². The van der Waals surface area contributed by atoms with E-state index in [1.807, 2.05) is 6.92 Å². The quantitative estimate of drug-likeness (QED) is 0.452. The summed E-state index contributed by atoms with van der Waals surface area (Å²) in [4.78, 5) is 12.4. The van der Waals surface area contributed by atoms with Crippen molar-refractivity contribution in [3.8, 4) is 0 Å². The molecule has 0 aliphatic heterocycles. The first kappa shape index (κ1) is 23.8. The van der Waals surface area contributed by atoms with Gasteiger partial charge in [0.2, 0.25) is 0 Å². The SMILES string of the molecule is COC(=O)C(C)(CO[Si](C)(C)C(C)(C)C)CO[Si](C)(C)C(C)(C)C. The molecule has 0 spiro atoms. The first-order valence-electron chi connectivity index (χ1n) is 8.76. The van der Waals surface area contributed by atoms with E-state index in [2.05, 4.69) is 67.7 Å². The van der Waals surface area contributed by atoms with E-state index >= 15 is 0 Å². The van der Waals surface area contributed by atoms with Crippen LogP contribution in [0.15, 0.2) is 0 Å². The van der Waals surface area contributed by atoms with Crippen LogP contribution in [0.5, 0.6) is 0 Å². The summed E-state index contributed by atoms with van der Waals surface area (Å²) in [6, 6.07) is 0. The van der Waals surface area contributed by atoms with Gasteiger partial charge in [0.15, 0.2) is 16.6 Å². The number of esters is 1. The van der Waals surface area contributed by atoms with Crippen LogP contribution >= 0.6 is 0 Å². The maximum atomic E-state index is 12.4. The van der Waals surface area contributed by atoms with Crippen molar-refractivity contribution in [3.05, 3.63) is 0 Å². The van der Waals surface area contributed by atoms with Gasteiger partial charge in [-0.25, -0.2) is 0 Å². The molecule has 6 heteroatoms. The van der Waals surface area contributed by atoms with E-state index in [-0.39, 0.29) is 16.0 Å². The van der Waals surface area contributed by atoms with Crippen LogP contribution in [0.1, 0.15) is 48.5 Å². The van der Waals surface area contributed by atoms with Crippen LogP contribution in [0.4, 0.5) is 0 Å². The van der Waals surface area contributed by atoms with E-state index in [0.29, 0.717) is 13.2 Å². The third-order valence-corrected chi connectivity index (χ3v) is 14.8.